The van der Waals surface area contributed by atoms with Crippen LogP contribution >= 0.6 is 0 Å². The summed E-state index contributed by atoms with van der Waals surface area (Å²) >= 11 is 0. The van der Waals surface area contributed by atoms with Gasteiger partial charge in [-0.05, 0) is 49.9 Å². The predicted octanol–water partition coefficient (Wildman–Crippen LogP) is 2.67. The number of anilines is 1. The van der Waals surface area contributed by atoms with Crippen molar-refractivity contribution in [3.05, 3.63) is 60.2 Å². The van der Waals surface area contributed by atoms with Crippen LogP contribution in [0.25, 0.3) is 0 Å². The minimum absolute atomic E-state index is 0.132. The summed E-state index contributed by atoms with van der Waals surface area (Å²) in [6, 6.07) is 12.0. The standard InChI is InChI=1S/C20H22FN3O2/c21-16-5-1-2-6-17(16)23-19(25)13-24-14-8-9-15(24)12-20(26,11-14)18-7-3-4-10-22-18/h1-7,10,14-15,26H,8-9,11-13H2,(H,23,25)/t14-,15-/m1/s1. The molecule has 2 aromatic rings. The van der Waals surface area contributed by atoms with Crippen LogP contribution in [0.5, 0.6) is 0 Å². The second-order valence-corrected chi connectivity index (χ2v) is 7.24. The van der Waals surface area contributed by atoms with Crippen molar-refractivity contribution in [2.24, 2.45) is 0 Å². The smallest absolute Gasteiger partial charge is 0.238 e. The summed E-state index contributed by atoms with van der Waals surface area (Å²) in [5.41, 5.74) is -0.0368. The quantitative estimate of drug-likeness (QED) is 0.885. The fourth-order valence-corrected chi connectivity index (χ4v) is 4.34. The van der Waals surface area contributed by atoms with E-state index in [-0.39, 0.29) is 30.2 Å². The first-order chi connectivity index (χ1) is 12.5. The number of halogens is 1. The van der Waals surface area contributed by atoms with Gasteiger partial charge in [0.05, 0.1) is 17.9 Å². The van der Waals surface area contributed by atoms with E-state index in [4.69, 9.17) is 0 Å². The maximum absolute atomic E-state index is 13.7. The highest BCUT2D eigenvalue weighted by atomic mass is 19.1. The summed E-state index contributed by atoms with van der Waals surface area (Å²) in [5.74, 6) is -0.665. The molecule has 26 heavy (non-hydrogen) atoms. The lowest BCUT2D eigenvalue weighted by Crippen LogP contribution is -2.52. The molecule has 2 bridgehead atoms. The van der Waals surface area contributed by atoms with Gasteiger partial charge in [-0.15, -0.1) is 0 Å². The number of hydrogen-bond acceptors (Lipinski definition) is 4. The van der Waals surface area contributed by atoms with Crippen LogP contribution in [-0.4, -0.2) is 39.5 Å². The van der Waals surface area contributed by atoms with E-state index in [2.05, 4.69) is 15.2 Å². The molecule has 1 amide bonds. The third kappa shape index (κ3) is 3.22. The number of pyridine rings is 1. The number of fused-ring (bicyclic) bond motifs is 2. The molecule has 2 N–H and O–H groups in total. The lowest BCUT2D eigenvalue weighted by atomic mass is 9.83. The Hall–Kier alpha value is -2.31. The highest BCUT2D eigenvalue weighted by molar-refractivity contribution is 5.92. The van der Waals surface area contributed by atoms with Gasteiger partial charge in [0.2, 0.25) is 5.91 Å². The molecule has 2 aliphatic heterocycles. The van der Waals surface area contributed by atoms with Gasteiger partial charge >= 0.3 is 0 Å². The SMILES string of the molecule is O=C(CN1[C@@H]2CC[C@@H]1CC(O)(c1ccccn1)C2)Nc1ccccc1F. The minimum Gasteiger partial charge on any atom is -0.383 e. The Balaban J connectivity index is 1.44. The van der Waals surface area contributed by atoms with E-state index in [0.29, 0.717) is 18.5 Å². The van der Waals surface area contributed by atoms with E-state index in [1.54, 1.807) is 24.4 Å². The van der Waals surface area contributed by atoms with E-state index < -0.39 is 11.4 Å². The maximum atomic E-state index is 13.7. The first-order valence-electron chi connectivity index (χ1n) is 8.99. The van der Waals surface area contributed by atoms with Crippen molar-refractivity contribution in [1.29, 1.82) is 0 Å². The molecular formula is C20H22FN3O2. The van der Waals surface area contributed by atoms with Crippen LogP contribution in [0.4, 0.5) is 10.1 Å². The van der Waals surface area contributed by atoms with Crippen molar-refractivity contribution in [1.82, 2.24) is 9.88 Å². The number of amides is 1. The normalized spacial score (nSPS) is 28.1. The average molecular weight is 355 g/mol. The Morgan fingerprint density at radius 2 is 1.88 bits per heavy atom. The first-order valence-corrected chi connectivity index (χ1v) is 8.99. The van der Waals surface area contributed by atoms with Crippen LogP contribution in [-0.2, 0) is 10.4 Å². The molecular weight excluding hydrogens is 333 g/mol. The zero-order chi connectivity index (χ0) is 18.1. The molecule has 3 heterocycles. The van der Waals surface area contributed by atoms with Gasteiger partial charge in [0.25, 0.3) is 0 Å². The molecule has 0 radical (unpaired) electrons. The Bertz CT molecular complexity index is 785. The number of carbonyl (C=O) groups is 1. The molecule has 0 unspecified atom stereocenters. The number of carbonyl (C=O) groups excluding carboxylic acids is 1. The molecule has 2 fully saturated rings. The Labute approximate surface area is 151 Å². The van der Waals surface area contributed by atoms with Crippen LogP contribution in [0.1, 0.15) is 31.4 Å². The number of aromatic nitrogens is 1. The largest absolute Gasteiger partial charge is 0.383 e. The van der Waals surface area contributed by atoms with Gasteiger partial charge in [-0.3, -0.25) is 14.7 Å². The third-order valence-electron chi connectivity index (χ3n) is 5.53. The summed E-state index contributed by atoms with van der Waals surface area (Å²) in [6.45, 7) is 0.210. The molecule has 136 valence electrons. The summed E-state index contributed by atoms with van der Waals surface area (Å²) < 4.78 is 13.7. The molecule has 0 aliphatic carbocycles. The van der Waals surface area contributed by atoms with Crippen molar-refractivity contribution < 1.29 is 14.3 Å². The number of nitrogens with one attached hydrogen (secondary N) is 1. The van der Waals surface area contributed by atoms with Crippen LogP contribution in [0.2, 0.25) is 0 Å². The fraction of sp³-hybridized carbons (Fsp3) is 0.400. The van der Waals surface area contributed by atoms with Gasteiger partial charge in [-0.25, -0.2) is 4.39 Å². The Morgan fingerprint density at radius 1 is 1.19 bits per heavy atom. The van der Waals surface area contributed by atoms with Gasteiger partial charge in [0, 0.05) is 18.3 Å². The van der Waals surface area contributed by atoms with Crippen molar-refractivity contribution in [3.63, 3.8) is 0 Å². The van der Waals surface area contributed by atoms with E-state index >= 15 is 0 Å². The zero-order valence-electron chi connectivity index (χ0n) is 14.4. The molecule has 0 saturated carbocycles. The van der Waals surface area contributed by atoms with Crippen LogP contribution < -0.4 is 5.32 Å². The number of hydrogen-bond donors (Lipinski definition) is 2. The van der Waals surface area contributed by atoms with Crippen LogP contribution in [0.15, 0.2) is 48.7 Å². The zero-order valence-corrected chi connectivity index (χ0v) is 14.4. The molecule has 2 saturated heterocycles. The monoisotopic (exact) mass is 355 g/mol. The van der Waals surface area contributed by atoms with Crippen LogP contribution in [0.3, 0.4) is 0 Å². The molecule has 1 aromatic carbocycles. The van der Waals surface area contributed by atoms with Crippen molar-refractivity contribution >= 4 is 11.6 Å². The van der Waals surface area contributed by atoms with Crippen molar-refractivity contribution in [3.8, 4) is 0 Å². The number of benzene rings is 1. The Kier molecular flexibility index (Phi) is 4.46. The van der Waals surface area contributed by atoms with Crippen molar-refractivity contribution in [2.45, 2.75) is 43.4 Å². The minimum atomic E-state index is -0.939. The Morgan fingerprint density at radius 3 is 2.54 bits per heavy atom. The molecule has 0 spiro atoms. The molecule has 1 aromatic heterocycles. The lowest BCUT2D eigenvalue weighted by Gasteiger charge is -2.43. The first kappa shape index (κ1) is 17.1. The number of para-hydroxylation sites is 1. The highest BCUT2D eigenvalue weighted by Crippen LogP contribution is 2.44. The van der Waals surface area contributed by atoms with Gasteiger partial charge in [-0.2, -0.15) is 0 Å². The number of aliphatic hydroxyl groups is 1. The van der Waals surface area contributed by atoms with Crippen molar-refractivity contribution in [2.75, 3.05) is 11.9 Å². The summed E-state index contributed by atoms with van der Waals surface area (Å²) in [7, 11) is 0. The molecule has 5 nitrogen and oxygen atoms in total. The lowest BCUT2D eigenvalue weighted by molar-refractivity contribution is -0.121. The molecule has 6 heteroatoms. The fourth-order valence-electron chi connectivity index (χ4n) is 4.34. The van der Waals surface area contributed by atoms with Gasteiger partial charge in [0.1, 0.15) is 11.4 Å². The topological polar surface area (TPSA) is 65.5 Å². The number of piperidine rings is 1. The summed E-state index contributed by atoms with van der Waals surface area (Å²) in [4.78, 5) is 18.9. The van der Waals surface area contributed by atoms with E-state index in [0.717, 1.165) is 12.8 Å². The van der Waals surface area contributed by atoms with E-state index in [1.165, 1.54) is 6.07 Å². The second kappa shape index (κ2) is 6.78. The van der Waals surface area contributed by atoms with Gasteiger partial charge < -0.3 is 10.4 Å². The van der Waals surface area contributed by atoms with E-state index in [9.17, 15) is 14.3 Å². The maximum Gasteiger partial charge on any atom is 0.238 e. The summed E-state index contributed by atoms with van der Waals surface area (Å²) in [6.07, 6.45) is 4.73. The van der Waals surface area contributed by atoms with Gasteiger partial charge in [0.15, 0.2) is 0 Å². The average Bonchev–Trinajstić information content (AvgIpc) is 2.88. The molecule has 2 atom stereocenters. The van der Waals surface area contributed by atoms with Gasteiger partial charge in [-0.1, -0.05) is 18.2 Å². The summed E-state index contributed by atoms with van der Waals surface area (Å²) in [5, 5.41) is 13.8. The van der Waals surface area contributed by atoms with E-state index in [1.807, 2.05) is 18.2 Å². The second-order valence-electron chi connectivity index (χ2n) is 7.24. The highest BCUT2D eigenvalue weighted by Gasteiger charge is 2.49. The predicted molar refractivity (Wildman–Crippen MR) is 95.9 cm³/mol. The number of nitrogens with zero attached hydrogens (tertiary/aromatic N) is 2. The molecule has 4 rings (SSSR count). The molecule has 2 aliphatic rings. The third-order valence-corrected chi connectivity index (χ3v) is 5.53. The number of rotatable bonds is 4. The van der Waals surface area contributed by atoms with Crippen LogP contribution in [0, 0.1) is 5.82 Å².